The number of nitrogens with zero attached hydrogens (tertiary/aromatic N) is 1. The minimum Gasteiger partial charge on any atom is -0.488 e. The summed E-state index contributed by atoms with van der Waals surface area (Å²) in [6, 6.07) is 14.7. The monoisotopic (exact) mass is 356 g/mol. The predicted octanol–water partition coefficient (Wildman–Crippen LogP) is 2.16. The number of amides is 2. The normalized spacial score (nSPS) is 19.2. The van der Waals surface area contributed by atoms with Gasteiger partial charge < -0.3 is 15.0 Å². The molecule has 2 amide bonds. The van der Waals surface area contributed by atoms with Gasteiger partial charge in [0.2, 0.25) is 11.8 Å². The smallest absolute Gasteiger partial charge is 0.242 e. The zero-order chi connectivity index (χ0) is 18.5. The van der Waals surface area contributed by atoms with E-state index in [1.807, 2.05) is 30.3 Å². The lowest BCUT2D eigenvalue weighted by molar-refractivity contribution is -0.137. The molecule has 0 spiro atoms. The maximum atomic E-state index is 13.3. The number of carbonyl (C=O) groups is 2. The summed E-state index contributed by atoms with van der Waals surface area (Å²) in [6.45, 7) is 0.321. The van der Waals surface area contributed by atoms with Crippen LogP contribution in [0.15, 0.2) is 54.6 Å². The molecule has 2 atom stereocenters. The number of carbonyl (C=O) groups excluding carboxylic acids is 2. The molecule has 1 heterocycles. The molecule has 5 nitrogen and oxygen atoms in total. The topological polar surface area (TPSA) is 58.6 Å². The number of para-hydroxylation sites is 1. The van der Waals surface area contributed by atoms with E-state index in [2.05, 4.69) is 5.32 Å². The van der Waals surface area contributed by atoms with Crippen LogP contribution < -0.4 is 10.1 Å². The van der Waals surface area contributed by atoms with E-state index < -0.39 is 6.04 Å². The summed E-state index contributed by atoms with van der Waals surface area (Å²) in [5.74, 6) is -0.127. The van der Waals surface area contributed by atoms with Gasteiger partial charge in [0.05, 0.1) is 13.0 Å². The van der Waals surface area contributed by atoms with E-state index in [1.54, 1.807) is 19.2 Å². The largest absolute Gasteiger partial charge is 0.488 e. The van der Waals surface area contributed by atoms with Crippen molar-refractivity contribution in [1.82, 2.24) is 10.2 Å². The van der Waals surface area contributed by atoms with Crippen LogP contribution in [-0.2, 0) is 16.0 Å². The van der Waals surface area contributed by atoms with Crippen molar-refractivity contribution in [3.05, 3.63) is 66.0 Å². The van der Waals surface area contributed by atoms with E-state index in [1.165, 1.54) is 17.0 Å². The Morgan fingerprint density at radius 1 is 1.19 bits per heavy atom. The van der Waals surface area contributed by atoms with Gasteiger partial charge in [-0.25, -0.2) is 4.39 Å². The Kier molecular flexibility index (Phi) is 5.51. The molecule has 1 saturated heterocycles. The van der Waals surface area contributed by atoms with Crippen LogP contribution in [0.3, 0.4) is 0 Å². The lowest BCUT2D eigenvalue weighted by Gasteiger charge is -2.23. The summed E-state index contributed by atoms with van der Waals surface area (Å²) >= 11 is 0. The maximum Gasteiger partial charge on any atom is 0.242 e. The zero-order valence-corrected chi connectivity index (χ0v) is 14.5. The van der Waals surface area contributed by atoms with Gasteiger partial charge in [-0.1, -0.05) is 30.3 Å². The average Bonchev–Trinajstić information content (AvgIpc) is 3.06. The Bertz CT molecular complexity index is 782. The van der Waals surface area contributed by atoms with Gasteiger partial charge >= 0.3 is 0 Å². The van der Waals surface area contributed by atoms with Gasteiger partial charge in [-0.2, -0.15) is 0 Å². The molecule has 0 radical (unpaired) electrons. The number of ether oxygens (including phenoxy) is 1. The number of likely N-dealkylation sites (tertiary alicyclic amines) is 1. The lowest BCUT2D eigenvalue weighted by atomic mass is 10.1. The van der Waals surface area contributed by atoms with Gasteiger partial charge in [0.15, 0.2) is 0 Å². The summed E-state index contributed by atoms with van der Waals surface area (Å²) in [4.78, 5) is 26.5. The number of hydrogen-bond donors (Lipinski definition) is 1. The molecule has 2 aromatic carbocycles. The van der Waals surface area contributed by atoms with Crippen LogP contribution in [-0.4, -0.2) is 42.5 Å². The number of likely N-dealkylation sites (N-methyl/N-ethyl adjacent to an activating group) is 1. The molecule has 1 fully saturated rings. The molecule has 0 bridgehead atoms. The second-order valence-corrected chi connectivity index (χ2v) is 6.27. The number of halogens is 1. The summed E-state index contributed by atoms with van der Waals surface area (Å²) in [5.41, 5.74) is 0.582. The molecule has 3 rings (SSSR count). The first kappa shape index (κ1) is 17.9. The minimum absolute atomic E-state index is 0.0450. The third-order valence-electron chi connectivity index (χ3n) is 4.42. The van der Waals surface area contributed by atoms with E-state index >= 15 is 0 Å². The third kappa shape index (κ3) is 4.20. The lowest BCUT2D eigenvalue weighted by Crippen LogP contribution is -2.45. The first-order valence-corrected chi connectivity index (χ1v) is 8.54. The van der Waals surface area contributed by atoms with Crippen LogP contribution in [0, 0.1) is 5.82 Å². The Morgan fingerprint density at radius 2 is 1.96 bits per heavy atom. The van der Waals surface area contributed by atoms with Crippen molar-refractivity contribution in [3.63, 3.8) is 0 Å². The summed E-state index contributed by atoms with van der Waals surface area (Å²) < 4.78 is 19.3. The highest BCUT2D eigenvalue weighted by Crippen LogP contribution is 2.24. The molecule has 0 aromatic heterocycles. The Balaban J connectivity index is 1.72. The molecular weight excluding hydrogens is 335 g/mol. The van der Waals surface area contributed by atoms with Crippen LogP contribution in [0.4, 0.5) is 4.39 Å². The fourth-order valence-corrected chi connectivity index (χ4v) is 3.19. The van der Waals surface area contributed by atoms with Crippen LogP contribution in [0.25, 0.3) is 0 Å². The molecule has 26 heavy (non-hydrogen) atoms. The molecule has 1 N–H and O–H groups in total. The fraction of sp³-hybridized carbons (Fsp3) is 0.300. The quantitative estimate of drug-likeness (QED) is 0.893. The standard InChI is InChI=1S/C20H21FN2O3/c1-22-20(25)18-12-17(26-16-8-3-2-4-9-16)13-23(18)19(24)11-14-6-5-7-15(21)10-14/h2-10,17-18H,11-13H2,1H3,(H,22,25)/t17-,18-/m0/s1. The molecule has 0 saturated carbocycles. The van der Waals surface area contributed by atoms with E-state index in [9.17, 15) is 14.0 Å². The first-order valence-electron chi connectivity index (χ1n) is 8.54. The van der Waals surface area contributed by atoms with Crippen LogP contribution in [0.1, 0.15) is 12.0 Å². The fourth-order valence-electron chi connectivity index (χ4n) is 3.19. The van der Waals surface area contributed by atoms with Gasteiger partial charge in [-0.15, -0.1) is 0 Å². The Morgan fingerprint density at radius 3 is 2.65 bits per heavy atom. The van der Waals surface area contributed by atoms with Gasteiger partial charge in [0.1, 0.15) is 23.7 Å². The van der Waals surface area contributed by atoms with E-state index in [4.69, 9.17) is 4.74 Å². The van der Waals surface area contributed by atoms with Crippen molar-refractivity contribution in [2.24, 2.45) is 0 Å². The van der Waals surface area contributed by atoms with E-state index in [0.717, 1.165) is 0 Å². The van der Waals surface area contributed by atoms with Crippen molar-refractivity contribution in [2.75, 3.05) is 13.6 Å². The average molecular weight is 356 g/mol. The molecule has 2 aromatic rings. The van der Waals surface area contributed by atoms with Gasteiger partial charge in [-0.3, -0.25) is 9.59 Å². The highest BCUT2D eigenvalue weighted by molar-refractivity contribution is 5.89. The maximum absolute atomic E-state index is 13.3. The molecule has 1 aliphatic heterocycles. The molecule has 0 unspecified atom stereocenters. The van der Waals surface area contributed by atoms with E-state index in [0.29, 0.717) is 24.3 Å². The summed E-state index contributed by atoms with van der Waals surface area (Å²) in [5, 5.41) is 2.60. The van der Waals surface area contributed by atoms with Crippen LogP contribution >= 0.6 is 0 Å². The van der Waals surface area contributed by atoms with Crippen LogP contribution in [0.5, 0.6) is 5.75 Å². The Hall–Kier alpha value is -2.89. The van der Waals surface area contributed by atoms with Crippen molar-refractivity contribution in [3.8, 4) is 5.75 Å². The highest BCUT2D eigenvalue weighted by atomic mass is 19.1. The minimum atomic E-state index is -0.588. The third-order valence-corrected chi connectivity index (χ3v) is 4.42. The molecule has 6 heteroatoms. The summed E-state index contributed by atoms with van der Waals surface area (Å²) in [7, 11) is 1.54. The van der Waals surface area contributed by atoms with E-state index in [-0.39, 0.29) is 30.2 Å². The van der Waals surface area contributed by atoms with Crippen molar-refractivity contribution in [2.45, 2.75) is 25.0 Å². The number of benzene rings is 2. The molecule has 1 aliphatic rings. The van der Waals surface area contributed by atoms with Gasteiger partial charge in [-0.05, 0) is 29.8 Å². The van der Waals surface area contributed by atoms with Gasteiger partial charge in [0, 0.05) is 13.5 Å². The molecular formula is C20H21FN2O3. The zero-order valence-electron chi connectivity index (χ0n) is 14.5. The predicted molar refractivity (Wildman–Crippen MR) is 95.1 cm³/mol. The molecule has 136 valence electrons. The second-order valence-electron chi connectivity index (χ2n) is 6.27. The summed E-state index contributed by atoms with van der Waals surface area (Å²) in [6.07, 6.45) is 0.198. The van der Waals surface area contributed by atoms with Crippen molar-refractivity contribution < 1.29 is 18.7 Å². The first-order chi connectivity index (χ1) is 12.6. The Labute approximate surface area is 151 Å². The second kappa shape index (κ2) is 7.99. The van der Waals surface area contributed by atoms with Crippen molar-refractivity contribution >= 4 is 11.8 Å². The SMILES string of the molecule is CNC(=O)[C@@H]1C[C@H](Oc2ccccc2)CN1C(=O)Cc1cccc(F)c1. The number of nitrogens with one attached hydrogen (secondary N) is 1. The number of hydrogen-bond acceptors (Lipinski definition) is 3. The highest BCUT2D eigenvalue weighted by Gasteiger charge is 2.40. The number of rotatable bonds is 5. The van der Waals surface area contributed by atoms with Gasteiger partial charge in [0.25, 0.3) is 0 Å². The van der Waals surface area contributed by atoms with Crippen LogP contribution in [0.2, 0.25) is 0 Å². The molecule has 0 aliphatic carbocycles. The van der Waals surface area contributed by atoms with Crippen molar-refractivity contribution in [1.29, 1.82) is 0 Å².